The standard InChI is InChI=1S/C22H26N4O2/c1-2-10-23-22(27)18-8-9-21(24-13-18)26-15-19-20(16-26)28-12-11-25(19)14-17-6-4-3-5-7-17/h2-9,13,19-20H,1,10-12,14-16H2,(H,23,27). The Hall–Kier alpha value is -2.70. The summed E-state index contributed by atoms with van der Waals surface area (Å²) in [5, 5.41) is 2.77. The highest BCUT2D eigenvalue weighted by molar-refractivity contribution is 5.94. The lowest BCUT2D eigenvalue weighted by Crippen LogP contribution is -2.50. The second-order valence-electron chi connectivity index (χ2n) is 7.24. The fraction of sp³-hybridized carbons (Fsp3) is 0.364. The SMILES string of the molecule is C=CCNC(=O)c1ccc(N2CC3OCCN(Cc4ccccc4)C3C2)nc1. The molecule has 3 heterocycles. The number of pyridine rings is 1. The lowest BCUT2D eigenvalue weighted by atomic mass is 10.1. The first-order chi connectivity index (χ1) is 13.7. The maximum absolute atomic E-state index is 12.0. The number of anilines is 1. The van der Waals surface area contributed by atoms with Gasteiger partial charge in [-0.3, -0.25) is 9.69 Å². The molecule has 1 aromatic carbocycles. The van der Waals surface area contributed by atoms with Crippen molar-refractivity contribution in [3.05, 3.63) is 72.4 Å². The first kappa shape index (κ1) is 18.7. The number of nitrogens with zero attached hydrogens (tertiary/aromatic N) is 3. The van der Waals surface area contributed by atoms with Crippen molar-refractivity contribution in [1.82, 2.24) is 15.2 Å². The van der Waals surface area contributed by atoms with Crippen LogP contribution in [0.5, 0.6) is 0 Å². The van der Waals surface area contributed by atoms with Crippen molar-refractivity contribution in [1.29, 1.82) is 0 Å². The number of amides is 1. The second-order valence-corrected chi connectivity index (χ2v) is 7.24. The van der Waals surface area contributed by atoms with E-state index in [1.165, 1.54) is 5.56 Å². The molecule has 0 saturated carbocycles. The number of nitrogens with one attached hydrogen (secondary N) is 1. The molecule has 2 unspecified atom stereocenters. The molecule has 1 N–H and O–H groups in total. The maximum atomic E-state index is 12.0. The normalized spacial score (nSPS) is 21.9. The van der Waals surface area contributed by atoms with Crippen molar-refractivity contribution in [3.8, 4) is 0 Å². The summed E-state index contributed by atoms with van der Waals surface area (Å²) in [6.07, 6.45) is 3.49. The van der Waals surface area contributed by atoms with Crippen LogP contribution in [-0.2, 0) is 11.3 Å². The number of aromatic nitrogens is 1. The Morgan fingerprint density at radius 3 is 2.86 bits per heavy atom. The molecule has 2 aromatic rings. The van der Waals surface area contributed by atoms with E-state index in [4.69, 9.17) is 4.74 Å². The van der Waals surface area contributed by atoms with Crippen LogP contribution in [0.1, 0.15) is 15.9 Å². The molecule has 0 aliphatic carbocycles. The molecule has 1 amide bonds. The van der Waals surface area contributed by atoms with E-state index in [0.717, 1.165) is 38.6 Å². The summed E-state index contributed by atoms with van der Waals surface area (Å²) in [7, 11) is 0. The van der Waals surface area contributed by atoms with Crippen molar-refractivity contribution in [2.45, 2.75) is 18.7 Å². The van der Waals surface area contributed by atoms with Gasteiger partial charge in [0.15, 0.2) is 0 Å². The summed E-state index contributed by atoms with van der Waals surface area (Å²) < 4.78 is 6.04. The molecule has 2 atom stereocenters. The number of ether oxygens (including phenoxy) is 1. The lowest BCUT2D eigenvalue weighted by Gasteiger charge is -2.36. The van der Waals surface area contributed by atoms with Gasteiger partial charge < -0.3 is 15.0 Å². The first-order valence-corrected chi connectivity index (χ1v) is 9.74. The highest BCUT2D eigenvalue weighted by Crippen LogP contribution is 2.27. The highest BCUT2D eigenvalue weighted by atomic mass is 16.5. The van der Waals surface area contributed by atoms with E-state index >= 15 is 0 Å². The van der Waals surface area contributed by atoms with Crippen LogP contribution in [0, 0.1) is 0 Å². The van der Waals surface area contributed by atoms with Crippen LogP contribution in [0.25, 0.3) is 0 Å². The fourth-order valence-corrected chi connectivity index (χ4v) is 3.93. The topological polar surface area (TPSA) is 57.7 Å². The van der Waals surface area contributed by atoms with Gasteiger partial charge in [-0.2, -0.15) is 0 Å². The summed E-state index contributed by atoms with van der Waals surface area (Å²) in [6.45, 7) is 8.41. The molecule has 28 heavy (non-hydrogen) atoms. The van der Waals surface area contributed by atoms with E-state index in [1.807, 2.05) is 12.1 Å². The molecule has 2 saturated heterocycles. The molecule has 4 rings (SSSR count). The van der Waals surface area contributed by atoms with Crippen molar-refractivity contribution >= 4 is 11.7 Å². The van der Waals surface area contributed by atoms with E-state index in [2.05, 4.69) is 57.0 Å². The Kier molecular flexibility index (Phi) is 5.69. The van der Waals surface area contributed by atoms with Gasteiger partial charge in [-0.25, -0.2) is 4.98 Å². The largest absolute Gasteiger partial charge is 0.373 e. The number of hydrogen-bond acceptors (Lipinski definition) is 5. The maximum Gasteiger partial charge on any atom is 0.253 e. The number of fused-ring (bicyclic) bond motifs is 1. The molecule has 0 radical (unpaired) electrons. The van der Waals surface area contributed by atoms with E-state index in [1.54, 1.807) is 12.3 Å². The number of rotatable bonds is 6. The molecule has 2 aliphatic rings. The van der Waals surface area contributed by atoms with E-state index in [-0.39, 0.29) is 12.0 Å². The van der Waals surface area contributed by atoms with Crippen LogP contribution in [-0.4, -0.2) is 60.7 Å². The summed E-state index contributed by atoms with van der Waals surface area (Å²) >= 11 is 0. The minimum atomic E-state index is -0.133. The third kappa shape index (κ3) is 4.08. The van der Waals surface area contributed by atoms with E-state index < -0.39 is 0 Å². The molecule has 1 aromatic heterocycles. The van der Waals surface area contributed by atoms with Crippen molar-refractivity contribution in [2.24, 2.45) is 0 Å². The van der Waals surface area contributed by atoms with Crippen molar-refractivity contribution in [2.75, 3.05) is 37.7 Å². The van der Waals surface area contributed by atoms with Gasteiger partial charge in [0.05, 0.1) is 24.3 Å². The average molecular weight is 378 g/mol. The molecule has 6 heteroatoms. The zero-order valence-electron chi connectivity index (χ0n) is 16.0. The molecule has 0 spiro atoms. The summed E-state index contributed by atoms with van der Waals surface area (Å²) in [5.74, 6) is 0.754. The number of carbonyl (C=O) groups excluding carboxylic acids is 1. The molecule has 0 bridgehead atoms. The van der Waals surface area contributed by atoms with Crippen LogP contribution >= 0.6 is 0 Å². The quantitative estimate of drug-likeness (QED) is 0.780. The predicted molar refractivity (Wildman–Crippen MR) is 109 cm³/mol. The van der Waals surface area contributed by atoms with Gasteiger partial charge in [0, 0.05) is 38.9 Å². The van der Waals surface area contributed by atoms with Crippen molar-refractivity contribution in [3.63, 3.8) is 0 Å². The minimum absolute atomic E-state index is 0.133. The number of morpholine rings is 1. The molecule has 2 fully saturated rings. The minimum Gasteiger partial charge on any atom is -0.373 e. The van der Waals surface area contributed by atoms with Crippen LogP contribution < -0.4 is 10.2 Å². The zero-order valence-corrected chi connectivity index (χ0v) is 16.0. The van der Waals surface area contributed by atoms with Gasteiger partial charge in [-0.1, -0.05) is 36.4 Å². The van der Waals surface area contributed by atoms with E-state index in [0.29, 0.717) is 18.2 Å². The number of benzene rings is 1. The average Bonchev–Trinajstić information content (AvgIpc) is 3.18. The predicted octanol–water partition coefficient (Wildman–Crippen LogP) is 2.09. The van der Waals surface area contributed by atoms with Crippen LogP contribution in [0.3, 0.4) is 0 Å². The van der Waals surface area contributed by atoms with Gasteiger partial charge in [0.25, 0.3) is 5.91 Å². The Balaban J connectivity index is 1.42. The first-order valence-electron chi connectivity index (χ1n) is 9.74. The molecular weight excluding hydrogens is 352 g/mol. The zero-order chi connectivity index (χ0) is 19.3. The Labute approximate surface area is 165 Å². The molecule has 6 nitrogen and oxygen atoms in total. The summed E-state index contributed by atoms with van der Waals surface area (Å²) in [5.41, 5.74) is 1.89. The molecular formula is C22H26N4O2. The van der Waals surface area contributed by atoms with Gasteiger partial charge in [0.1, 0.15) is 5.82 Å². The van der Waals surface area contributed by atoms with Gasteiger partial charge in [-0.15, -0.1) is 6.58 Å². The van der Waals surface area contributed by atoms with Crippen molar-refractivity contribution < 1.29 is 9.53 Å². The van der Waals surface area contributed by atoms with Crippen LogP contribution in [0.2, 0.25) is 0 Å². The van der Waals surface area contributed by atoms with Gasteiger partial charge in [-0.05, 0) is 17.7 Å². The third-order valence-corrected chi connectivity index (χ3v) is 5.39. The smallest absolute Gasteiger partial charge is 0.253 e. The lowest BCUT2D eigenvalue weighted by molar-refractivity contribution is -0.0499. The summed E-state index contributed by atoms with van der Waals surface area (Å²) in [6, 6.07) is 14.7. The van der Waals surface area contributed by atoms with Gasteiger partial charge in [0.2, 0.25) is 0 Å². The monoisotopic (exact) mass is 378 g/mol. The van der Waals surface area contributed by atoms with Crippen LogP contribution in [0.15, 0.2) is 61.3 Å². The highest BCUT2D eigenvalue weighted by Gasteiger charge is 2.40. The molecule has 2 aliphatic heterocycles. The number of carbonyl (C=O) groups is 1. The van der Waals surface area contributed by atoms with Gasteiger partial charge >= 0.3 is 0 Å². The third-order valence-electron chi connectivity index (χ3n) is 5.39. The Morgan fingerprint density at radius 1 is 1.25 bits per heavy atom. The number of hydrogen-bond donors (Lipinski definition) is 1. The summed E-state index contributed by atoms with van der Waals surface area (Å²) in [4.78, 5) is 21.3. The second kappa shape index (κ2) is 8.54. The Morgan fingerprint density at radius 2 is 2.11 bits per heavy atom. The van der Waals surface area contributed by atoms with Crippen LogP contribution in [0.4, 0.5) is 5.82 Å². The van der Waals surface area contributed by atoms with E-state index in [9.17, 15) is 4.79 Å². The molecule has 146 valence electrons. The Bertz CT molecular complexity index is 809. The fourth-order valence-electron chi connectivity index (χ4n) is 3.93.